The maximum absolute atomic E-state index is 12.4. The van der Waals surface area contributed by atoms with Gasteiger partial charge in [0.05, 0.1) is 20.1 Å². The van der Waals surface area contributed by atoms with Crippen molar-refractivity contribution in [2.75, 3.05) is 26.0 Å². The van der Waals surface area contributed by atoms with Gasteiger partial charge in [0, 0.05) is 12.7 Å². The zero-order chi connectivity index (χ0) is 19.3. The first kappa shape index (κ1) is 19.5. The Bertz CT molecular complexity index is 815. The highest BCUT2D eigenvalue weighted by Gasteiger charge is 2.15. The molecule has 1 N–H and O–H groups in total. The number of benzene rings is 2. The second-order valence-corrected chi connectivity index (χ2v) is 6.53. The van der Waals surface area contributed by atoms with Gasteiger partial charge in [0.25, 0.3) is 0 Å². The third kappa shape index (κ3) is 4.85. The molecule has 2 aromatic carbocycles. The Morgan fingerprint density at radius 3 is 2.50 bits per heavy atom. The maximum atomic E-state index is 12.4. The Hall–Kier alpha value is -2.82. The quantitative estimate of drug-likeness (QED) is 0.866. The molecule has 5 nitrogen and oxygen atoms in total. The molecule has 0 saturated heterocycles. The summed E-state index contributed by atoms with van der Waals surface area (Å²) in [4.78, 5) is 26.1. The Labute approximate surface area is 155 Å². The molecule has 0 atom stereocenters. The van der Waals surface area contributed by atoms with Crippen LogP contribution in [0.25, 0.3) is 0 Å². The van der Waals surface area contributed by atoms with E-state index in [0.717, 1.165) is 33.7 Å². The summed E-state index contributed by atoms with van der Waals surface area (Å²) in [6.45, 7) is 5.92. The molecule has 2 rings (SSSR count). The Morgan fingerprint density at radius 2 is 1.81 bits per heavy atom. The lowest BCUT2D eigenvalue weighted by Gasteiger charge is -2.18. The molecule has 26 heavy (non-hydrogen) atoms. The average Bonchev–Trinajstić information content (AvgIpc) is 2.60. The summed E-state index contributed by atoms with van der Waals surface area (Å²) in [5.41, 5.74) is 4.80. The minimum Gasteiger partial charge on any atom is -0.496 e. The smallest absolute Gasteiger partial charge is 0.243 e. The van der Waals surface area contributed by atoms with Crippen molar-refractivity contribution in [3.8, 4) is 5.75 Å². The van der Waals surface area contributed by atoms with E-state index in [1.807, 2.05) is 57.2 Å². The first-order valence-corrected chi connectivity index (χ1v) is 8.55. The highest BCUT2D eigenvalue weighted by Crippen LogP contribution is 2.20. The van der Waals surface area contributed by atoms with Gasteiger partial charge < -0.3 is 15.0 Å². The third-order valence-electron chi connectivity index (χ3n) is 4.51. The second-order valence-electron chi connectivity index (χ2n) is 6.53. The number of carbonyl (C=O) groups excluding carboxylic acids is 2. The molecule has 0 aliphatic carbocycles. The topological polar surface area (TPSA) is 58.6 Å². The van der Waals surface area contributed by atoms with Gasteiger partial charge >= 0.3 is 0 Å². The van der Waals surface area contributed by atoms with Crippen molar-refractivity contribution in [1.82, 2.24) is 4.90 Å². The molecule has 2 amide bonds. The van der Waals surface area contributed by atoms with Gasteiger partial charge in [-0.15, -0.1) is 0 Å². The zero-order valence-electron chi connectivity index (χ0n) is 16.1. The van der Waals surface area contributed by atoms with E-state index in [2.05, 4.69) is 5.32 Å². The Kier molecular flexibility index (Phi) is 6.39. The van der Waals surface area contributed by atoms with E-state index in [0.29, 0.717) is 0 Å². The summed E-state index contributed by atoms with van der Waals surface area (Å²) in [7, 11) is 3.24. The number of aryl methyl sites for hydroxylation is 2. The van der Waals surface area contributed by atoms with Crippen LogP contribution in [0.5, 0.6) is 5.75 Å². The van der Waals surface area contributed by atoms with Gasteiger partial charge in [0.2, 0.25) is 11.8 Å². The van der Waals surface area contributed by atoms with E-state index >= 15 is 0 Å². The summed E-state index contributed by atoms with van der Waals surface area (Å²) in [6.07, 6.45) is 0.226. The number of rotatable bonds is 6. The first-order chi connectivity index (χ1) is 12.3. The standard InChI is InChI=1S/C21H26N2O3/c1-14-7-6-8-18(16(14)3)22-20(24)13-23(4)21(25)12-17-10-9-15(2)19(11-17)26-5/h6-11H,12-13H2,1-5H3,(H,22,24). The van der Waals surface area contributed by atoms with E-state index in [1.165, 1.54) is 4.90 Å². The van der Waals surface area contributed by atoms with E-state index in [4.69, 9.17) is 4.74 Å². The molecular weight excluding hydrogens is 328 g/mol. The van der Waals surface area contributed by atoms with E-state index in [-0.39, 0.29) is 24.8 Å². The van der Waals surface area contributed by atoms with Crippen molar-refractivity contribution in [2.45, 2.75) is 27.2 Å². The fourth-order valence-electron chi connectivity index (χ4n) is 2.66. The molecule has 0 aliphatic heterocycles. The second kappa shape index (κ2) is 8.52. The number of hydrogen-bond donors (Lipinski definition) is 1. The Morgan fingerprint density at radius 1 is 1.08 bits per heavy atom. The van der Waals surface area contributed by atoms with Gasteiger partial charge in [-0.2, -0.15) is 0 Å². The largest absolute Gasteiger partial charge is 0.496 e. The van der Waals surface area contributed by atoms with Crippen LogP contribution in [0, 0.1) is 20.8 Å². The highest BCUT2D eigenvalue weighted by molar-refractivity contribution is 5.95. The van der Waals surface area contributed by atoms with E-state index < -0.39 is 0 Å². The fourth-order valence-corrected chi connectivity index (χ4v) is 2.66. The summed E-state index contributed by atoms with van der Waals surface area (Å²) in [5.74, 6) is 0.425. The molecule has 2 aromatic rings. The number of ether oxygens (including phenoxy) is 1. The number of methoxy groups -OCH3 is 1. The molecule has 0 heterocycles. The van der Waals surface area contributed by atoms with Gasteiger partial charge in [0.1, 0.15) is 5.75 Å². The van der Waals surface area contributed by atoms with Crippen LogP contribution >= 0.6 is 0 Å². The molecule has 0 saturated carbocycles. The van der Waals surface area contributed by atoms with Crippen molar-refractivity contribution in [2.24, 2.45) is 0 Å². The molecule has 0 spiro atoms. The minimum absolute atomic E-state index is 0.00914. The molecular formula is C21H26N2O3. The van der Waals surface area contributed by atoms with Crippen molar-refractivity contribution in [3.05, 3.63) is 58.7 Å². The molecule has 0 fully saturated rings. The third-order valence-corrected chi connectivity index (χ3v) is 4.51. The maximum Gasteiger partial charge on any atom is 0.243 e. The van der Waals surface area contributed by atoms with Crippen molar-refractivity contribution < 1.29 is 14.3 Å². The molecule has 0 aromatic heterocycles. The summed E-state index contributed by atoms with van der Waals surface area (Å²) >= 11 is 0. The predicted molar refractivity (Wildman–Crippen MR) is 104 cm³/mol. The summed E-state index contributed by atoms with van der Waals surface area (Å²) in [5, 5.41) is 2.87. The monoisotopic (exact) mass is 354 g/mol. The molecule has 138 valence electrons. The van der Waals surface area contributed by atoms with Crippen LogP contribution in [0.15, 0.2) is 36.4 Å². The number of nitrogens with zero attached hydrogens (tertiary/aromatic N) is 1. The van der Waals surface area contributed by atoms with Gasteiger partial charge in [0.15, 0.2) is 0 Å². The minimum atomic E-state index is -0.212. The van der Waals surface area contributed by atoms with Crippen LogP contribution in [0.3, 0.4) is 0 Å². The lowest BCUT2D eigenvalue weighted by atomic mass is 10.1. The van der Waals surface area contributed by atoms with Gasteiger partial charge in [-0.1, -0.05) is 24.3 Å². The SMILES string of the molecule is COc1cc(CC(=O)N(C)CC(=O)Nc2cccc(C)c2C)ccc1C. The number of anilines is 1. The normalized spacial score (nSPS) is 10.3. The number of hydrogen-bond acceptors (Lipinski definition) is 3. The molecule has 0 unspecified atom stereocenters. The molecule has 0 aliphatic rings. The van der Waals surface area contributed by atoms with Crippen LogP contribution in [-0.2, 0) is 16.0 Å². The highest BCUT2D eigenvalue weighted by atomic mass is 16.5. The van der Waals surface area contributed by atoms with Gasteiger partial charge in [-0.25, -0.2) is 0 Å². The zero-order valence-corrected chi connectivity index (χ0v) is 16.1. The van der Waals surface area contributed by atoms with Crippen molar-refractivity contribution in [1.29, 1.82) is 0 Å². The van der Waals surface area contributed by atoms with Crippen LogP contribution in [0.2, 0.25) is 0 Å². The average molecular weight is 354 g/mol. The van der Waals surface area contributed by atoms with Gasteiger partial charge in [-0.05, 0) is 55.2 Å². The fraction of sp³-hybridized carbons (Fsp3) is 0.333. The van der Waals surface area contributed by atoms with Crippen LogP contribution in [-0.4, -0.2) is 37.4 Å². The van der Waals surface area contributed by atoms with Gasteiger partial charge in [-0.3, -0.25) is 9.59 Å². The number of amides is 2. The predicted octanol–water partition coefficient (Wildman–Crippen LogP) is 3.26. The van der Waals surface area contributed by atoms with E-state index in [1.54, 1.807) is 14.2 Å². The summed E-state index contributed by atoms with van der Waals surface area (Å²) in [6, 6.07) is 11.4. The van der Waals surface area contributed by atoms with Crippen molar-refractivity contribution in [3.63, 3.8) is 0 Å². The van der Waals surface area contributed by atoms with Crippen LogP contribution in [0.1, 0.15) is 22.3 Å². The van der Waals surface area contributed by atoms with Crippen LogP contribution < -0.4 is 10.1 Å². The number of carbonyl (C=O) groups is 2. The van der Waals surface area contributed by atoms with Crippen LogP contribution in [0.4, 0.5) is 5.69 Å². The molecule has 0 bridgehead atoms. The lowest BCUT2D eigenvalue weighted by Crippen LogP contribution is -2.35. The Balaban J connectivity index is 1.96. The summed E-state index contributed by atoms with van der Waals surface area (Å²) < 4.78 is 5.29. The van der Waals surface area contributed by atoms with Crippen molar-refractivity contribution >= 4 is 17.5 Å². The molecule has 5 heteroatoms. The number of likely N-dealkylation sites (N-methyl/N-ethyl adjacent to an activating group) is 1. The number of nitrogens with one attached hydrogen (secondary N) is 1. The van der Waals surface area contributed by atoms with E-state index in [9.17, 15) is 9.59 Å². The lowest BCUT2D eigenvalue weighted by molar-refractivity contribution is -0.132. The molecule has 0 radical (unpaired) electrons. The first-order valence-electron chi connectivity index (χ1n) is 8.55.